The summed E-state index contributed by atoms with van der Waals surface area (Å²) in [6.07, 6.45) is 6.41. The molecule has 1 saturated heterocycles. The number of hydrogen-bond donors (Lipinski definition) is 0. The smallest absolute Gasteiger partial charge is 0.0995 e. The molecular formula is C19H31N3O2. The van der Waals surface area contributed by atoms with Crippen molar-refractivity contribution in [3.05, 3.63) is 30.1 Å². The average Bonchev–Trinajstić information content (AvgIpc) is 2.93. The lowest BCUT2D eigenvalue weighted by atomic mass is 10.1. The Hall–Kier alpha value is -1.01. The van der Waals surface area contributed by atoms with Crippen LogP contribution in [0.4, 0.5) is 0 Å². The molecule has 1 aliphatic carbocycles. The summed E-state index contributed by atoms with van der Waals surface area (Å²) >= 11 is 0. The number of pyridine rings is 1. The normalized spacial score (nSPS) is 27.5. The number of fused-ring (bicyclic) bond motifs is 2. The van der Waals surface area contributed by atoms with Gasteiger partial charge < -0.3 is 14.4 Å². The van der Waals surface area contributed by atoms with E-state index in [2.05, 4.69) is 28.6 Å². The molecule has 0 N–H and O–H groups in total. The van der Waals surface area contributed by atoms with E-state index in [1.807, 2.05) is 24.5 Å². The fourth-order valence-electron chi connectivity index (χ4n) is 3.94. The van der Waals surface area contributed by atoms with Gasteiger partial charge in [0.1, 0.15) is 0 Å². The molecule has 2 bridgehead atoms. The first-order chi connectivity index (χ1) is 11.8. The predicted molar refractivity (Wildman–Crippen MR) is 94.9 cm³/mol. The molecule has 5 nitrogen and oxygen atoms in total. The van der Waals surface area contributed by atoms with Crippen LogP contribution in [-0.4, -0.2) is 72.4 Å². The lowest BCUT2D eigenvalue weighted by molar-refractivity contribution is -0.0612. The number of hydrogen-bond acceptors (Lipinski definition) is 5. The summed E-state index contributed by atoms with van der Waals surface area (Å²) in [6.45, 7) is 11.5. The molecule has 1 aromatic rings. The zero-order valence-corrected chi connectivity index (χ0v) is 15.1. The Morgan fingerprint density at radius 1 is 1.25 bits per heavy atom. The van der Waals surface area contributed by atoms with Gasteiger partial charge in [0.25, 0.3) is 0 Å². The molecule has 1 aliphatic heterocycles. The van der Waals surface area contributed by atoms with Crippen LogP contribution in [0, 0.1) is 0 Å². The zero-order valence-electron chi connectivity index (χ0n) is 15.1. The van der Waals surface area contributed by atoms with Gasteiger partial charge in [-0.3, -0.25) is 9.88 Å². The summed E-state index contributed by atoms with van der Waals surface area (Å²) in [5.41, 5.74) is 1.18. The van der Waals surface area contributed by atoms with E-state index in [9.17, 15) is 0 Å². The van der Waals surface area contributed by atoms with Crippen LogP contribution >= 0.6 is 0 Å². The lowest BCUT2D eigenvalue weighted by Gasteiger charge is -2.32. The molecule has 5 heteroatoms. The van der Waals surface area contributed by atoms with E-state index in [4.69, 9.17) is 9.47 Å². The van der Waals surface area contributed by atoms with Crippen molar-refractivity contribution < 1.29 is 9.47 Å². The summed E-state index contributed by atoms with van der Waals surface area (Å²) in [7, 11) is 0. The summed E-state index contributed by atoms with van der Waals surface area (Å²) in [4.78, 5) is 9.16. The Bertz CT molecular complexity index is 481. The van der Waals surface area contributed by atoms with Gasteiger partial charge in [-0.25, -0.2) is 0 Å². The van der Waals surface area contributed by atoms with E-state index in [-0.39, 0.29) is 12.2 Å². The van der Waals surface area contributed by atoms with Crippen molar-refractivity contribution in [1.29, 1.82) is 0 Å². The van der Waals surface area contributed by atoms with E-state index in [1.54, 1.807) is 0 Å². The van der Waals surface area contributed by atoms with Gasteiger partial charge in [0, 0.05) is 38.1 Å². The molecule has 1 saturated carbocycles. The van der Waals surface area contributed by atoms with Gasteiger partial charge in [0.2, 0.25) is 0 Å². The van der Waals surface area contributed by atoms with Crippen molar-refractivity contribution in [3.8, 4) is 0 Å². The van der Waals surface area contributed by atoms with Gasteiger partial charge in [-0.2, -0.15) is 0 Å². The SMILES string of the molecule is CCN(CC)CCN1CCO[C@H]2CC[C@H]1[C@@H]2OCc1ccncc1. The minimum Gasteiger partial charge on any atom is -0.374 e. The molecule has 0 unspecified atom stereocenters. The molecular weight excluding hydrogens is 302 g/mol. The second-order valence-corrected chi connectivity index (χ2v) is 6.75. The Kier molecular flexibility index (Phi) is 6.60. The summed E-state index contributed by atoms with van der Waals surface area (Å²) in [6, 6.07) is 4.55. The molecule has 3 rings (SSSR count). The van der Waals surface area contributed by atoms with Crippen LogP contribution in [-0.2, 0) is 16.1 Å². The molecule has 3 atom stereocenters. The van der Waals surface area contributed by atoms with Crippen LogP contribution in [0.5, 0.6) is 0 Å². The molecule has 1 aromatic heterocycles. The first-order valence-corrected chi connectivity index (χ1v) is 9.40. The van der Waals surface area contributed by atoms with Crippen molar-refractivity contribution in [3.63, 3.8) is 0 Å². The minimum atomic E-state index is 0.192. The van der Waals surface area contributed by atoms with E-state index < -0.39 is 0 Å². The second-order valence-electron chi connectivity index (χ2n) is 6.75. The minimum absolute atomic E-state index is 0.192. The van der Waals surface area contributed by atoms with Crippen LogP contribution in [0.3, 0.4) is 0 Å². The maximum atomic E-state index is 6.32. The van der Waals surface area contributed by atoms with E-state index in [1.165, 1.54) is 12.0 Å². The van der Waals surface area contributed by atoms with Gasteiger partial charge in [-0.15, -0.1) is 0 Å². The van der Waals surface area contributed by atoms with Crippen molar-refractivity contribution in [2.45, 2.75) is 51.5 Å². The average molecular weight is 333 g/mol. The number of likely N-dealkylation sites (N-methyl/N-ethyl adjacent to an activating group) is 1. The zero-order chi connectivity index (χ0) is 16.8. The molecule has 2 fully saturated rings. The van der Waals surface area contributed by atoms with Gasteiger partial charge in [-0.1, -0.05) is 13.8 Å². The highest BCUT2D eigenvalue weighted by Gasteiger charge is 2.42. The van der Waals surface area contributed by atoms with Crippen LogP contribution in [0.2, 0.25) is 0 Å². The Labute approximate surface area is 145 Å². The maximum Gasteiger partial charge on any atom is 0.0995 e. The highest BCUT2D eigenvalue weighted by atomic mass is 16.5. The van der Waals surface area contributed by atoms with Crippen LogP contribution in [0.15, 0.2) is 24.5 Å². The van der Waals surface area contributed by atoms with Crippen molar-refractivity contribution in [1.82, 2.24) is 14.8 Å². The molecule has 134 valence electrons. The summed E-state index contributed by atoms with van der Waals surface area (Å²) in [5, 5.41) is 0. The van der Waals surface area contributed by atoms with E-state index in [0.29, 0.717) is 12.6 Å². The van der Waals surface area contributed by atoms with Crippen LogP contribution < -0.4 is 0 Å². The third-order valence-electron chi connectivity index (χ3n) is 5.46. The van der Waals surface area contributed by atoms with Crippen molar-refractivity contribution in [2.24, 2.45) is 0 Å². The molecule has 24 heavy (non-hydrogen) atoms. The third-order valence-corrected chi connectivity index (χ3v) is 5.46. The molecule has 0 radical (unpaired) electrons. The number of nitrogens with zero attached hydrogens (tertiary/aromatic N) is 3. The standard InChI is InChI=1S/C19H31N3O2/c1-3-21(4-2)11-12-22-13-14-23-18-6-5-17(22)19(18)24-15-16-7-9-20-10-8-16/h7-10,17-19H,3-6,11-15H2,1-2H3/t17-,18-,19-/m0/s1. The highest BCUT2D eigenvalue weighted by Crippen LogP contribution is 2.32. The van der Waals surface area contributed by atoms with Crippen LogP contribution in [0.1, 0.15) is 32.3 Å². The predicted octanol–water partition coefficient (Wildman–Crippen LogP) is 2.17. The molecule has 0 aromatic carbocycles. The van der Waals surface area contributed by atoms with E-state index in [0.717, 1.165) is 45.8 Å². The highest BCUT2D eigenvalue weighted by molar-refractivity contribution is 5.08. The molecule has 0 spiro atoms. The fourth-order valence-corrected chi connectivity index (χ4v) is 3.94. The van der Waals surface area contributed by atoms with E-state index >= 15 is 0 Å². The maximum absolute atomic E-state index is 6.32. The lowest BCUT2D eigenvalue weighted by Crippen LogP contribution is -2.46. The Morgan fingerprint density at radius 2 is 2.04 bits per heavy atom. The second kappa shape index (κ2) is 8.90. The molecule has 2 aliphatic rings. The van der Waals surface area contributed by atoms with Crippen molar-refractivity contribution >= 4 is 0 Å². The monoisotopic (exact) mass is 333 g/mol. The summed E-state index contributed by atoms with van der Waals surface area (Å²) < 4.78 is 12.4. The first kappa shape index (κ1) is 17.8. The molecule has 0 amide bonds. The summed E-state index contributed by atoms with van der Waals surface area (Å²) in [5.74, 6) is 0. The number of ether oxygens (including phenoxy) is 2. The number of aromatic nitrogens is 1. The number of rotatable bonds is 8. The quantitative estimate of drug-likeness (QED) is 0.729. The largest absolute Gasteiger partial charge is 0.374 e. The topological polar surface area (TPSA) is 37.8 Å². The first-order valence-electron chi connectivity index (χ1n) is 9.40. The Morgan fingerprint density at radius 3 is 2.79 bits per heavy atom. The van der Waals surface area contributed by atoms with Gasteiger partial charge >= 0.3 is 0 Å². The Balaban J connectivity index is 1.59. The fraction of sp³-hybridized carbons (Fsp3) is 0.737. The van der Waals surface area contributed by atoms with Gasteiger partial charge in [0.05, 0.1) is 25.4 Å². The van der Waals surface area contributed by atoms with Gasteiger partial charge in [-0.05, 0) is 43.6 Å². The van der Waals surface area contributed by atoms with Gasteiger partial charge in [0.15, 0.2) is 0 Å². The third kappa shape index (κ3) is 4.33. The van der Waals surface area contributed by atoms with Crippen LogP contribution in [0.25, 0.3) is 0 Å². The van der Waals surface area contributed by atoms with Crippen molar-refractivity contribution in [2.75, 3.05) is 39.3 Å². The molecule has 2 heterocycles.